The Morgan fingerprint density at radius 3 is 2.76 bits per heavy atom. The minimum absolute atomic E-state index is 0.0830. The fourth-order valence-corrected chi connectivity index (χ4v) is 3.80. The average molecular weight is 276 g/mol. The smallest absolute Gasteiger partial charge is 0.220 e. The van der Waals surface area contributed by atoms with E-state index in [0.717, 1.165) is 0 Å². The largest absolute Gasteiger partial charge is 0.361 e. The molecule has 1 saturated heterocycles. The fraction of sp³-hybridized carbons (Fsp3) is 0.455. The molecule has 6 heteroatoms. The van der Waals surface area contributed by atoms with Crippen LogP contribution in [0.25, 0.3) is 0 Å². The monoisotopic (exact) mass is 275 g/mol. The van der Waals surface area contributed by atoms with Gasteiger partial charge in [0.05, 0.1) is 12.4 Å². The Kier molecular flexibility index (Phi) is 3.73. The molecule has 0 N–H and O–H groups in total. The number of nitrogens with zero attached hydrogens (tertiary/aromatic N) is 1. The Bertz CT molecular complexity index is 503. The van der Waals surface area contributed by atoms with Gasteiger partial charge in [-0.15, -0.1) is 0 Å². The van der Waals surface area contributed by atoms with E-state index < -0.39 is 10.0 Å². The SMILES string of the molecule is CC1OCCN1S(=O)(=O)Cc1ccccc1Cl. The molecule has 2 rings (SSSR count). The maximum Gasteiger partial charge on any atom is 0.220 e. The molecule has 1 atom stereocenters. The second-order valence-electron chi connectivity index (χ2n) is 3.93. The molecule has 1 unspecified atom stereocenters. The van der Waals surface area contributed by atoms with Crippen LogP contribution >= 0.6 is 11.6 Å². The van der Waals surface area contributed by atoms with E-state index in [1.807, 2.05) is 0 Å². The van der Waals surface area contributed by atoms with E-state index in [1.165, 1.54) is 4.31 Å². The van der Waals surface area contributed by atoms with Crippen LogP contribution in [0, 0.1) is 0 Å². The van der Waals surface area contributed by atoms with E-state index in [4.69, 9.17) is 16.3 Å². The summed E-state index contributed by atoms with van der Waals surface area (Å²) in [7, 11) is -3.36. The van der Waals surface area contributed by atoms with Crippen molar-refractivity contribution in [3.63, 3.8) is 0 Å². The average Bonchev–Trinajstić information content (AvgIpc) is 2.68. The first kappa shape index (κ1) is 12.8. The summed E-state index contributed by atoms with van der Waals surface area (Å²) in [6.07, 6.45) is -0.387. The Morgan fingerprint density at radius 2 is 2.18 bits per heavy atom. The second-order valence-corrected chi connectivity index (χ2v) is 6.26. The van der Waals surface area contributed by atoms with Gasteiger partial charge in [-0.1, -0.05) is 29.8 Å². The van der Waals surface area contributed by atoms with Gasteiger partial charge in [0.25, 0.3) is 0 Å². The molecular weight excluding hydrogens is 262 g/mol. The molecule has 1 aliphatic rings. The predicted octanol–water partition coefficient (Wildman–Crippen LogP) is 1.85. The number of halogens is 1. The van der Waals surface area contributed by atoms with Crippen LogP contribution in [0.15, 0.2) is 24.3 Å². The predicted molar refractivity (Wildman–Crippen MR) is 66.2 cm³/mol. The van der Waals surface area contributed by atoms with Crippen molar-refractivity contribution < 1.29 is 13.2 Å². The molecule has 1 aromatic carbocycles. The zero-order valence-corrected chi connectivity index (χ0v) is 11.0. The van der Waals surface area contributed by atoms with Gasteiger partial charge in [0.1, 0.15) is 6.23 Å². The summed E-state index contributed by atoms with van der Waals surface area (Å²) < 4.78 is 30.9. The molecule has 0 radical (unpaired) electrons. The third-order valence-electron chi connectivity index (χ3n) is 2.73. The molecule has 0 bridgehead atoms. The second kappa shape index (κ2) is 4.94. The van der Waals surface area contributed by atoms with E-state index in [2.05, 4.69) is 0 Å². The summed E-state index contributed by atoms with van der Waals surface area (Å²) in [5.74, 6) is -0.0830. The maximum atomic E-state index is 12.2. The summed E-state index contributed by atoms with van der Waals surface area (Å²) in [4.78, 5) is 0. The molecular formula is C11H14ClNO3S. The van der Waals surface area contributed by atoms with Crippen LogP contribution in [0.4, 0.5) is 0 Å². The minimum atomic E-state index is -3.36. The number of benzene rings is 1. The molecule has 17 heavy (non-hydrogen) atoms. The summed E-state index contributed by atoms with van der Waals surface area (Å²) in [5, 5.41) is 0.476. The molecule has 94 valence electrons. The quantitative estimate of drug-likeness (QED) is 0.846. The molecule has 1 fully saturated rings. The van der Waals surface area contributed by atoms with Crippen molar-refractivity contribution in [2.75, 3.05) is 13.2 Å². The topological polar surface area (TPSA) is 46.6 Å². The molecule has 0 amide bonds. The third-order valence-corrected chi connectivity index (χ3v) is 4.97. The van der Waals surface area contributed by atoms with Crippen LogP contribution in [-0.2, 0) is 20.5 Å². The maximum absolute atomic E-state index is 12.2. The lowest BCUT2D eigenvalue weighted by molar-refractivity contribution is 0.0846. The Morgan fingerprint density at radius 1 is 1.47 bits per heavy atom. The Labute approximate surface area is 106 Å². The number of rotatable bonds is 3. The molecule has 4 nitrogen and oxygen atoms in total. The van der Waals surface area contributed by atoms with Crippen LogP contribution in [0.5, 0.6) is 0 Å². The van der Waals surface area contributed by atoms with Gasteiger partial charge in [0.2, 0.25) is 10.0 Å². The molecule has 0 saturated carbocycles. The highest BCUT2D eigenvalue weighted by molar-refractivity contribution is 7.88. The van der Waals surface area contributed by atoms with Gasteiger partial charge in [-0.2, -0.15) is 4.31 Å². The van der Waals surface area contributed by atoms with E-state index in [1.54, 1.807) is 31.2 Å². The fourth-order valence-electron chi connectivity index (χ4n) is 1.84. The zero-order chi connectivity index (χ0) is 12.5. The van der Waals surface area contributed by atoms with Gasteiger partial charge >= 0.3 is 0 Å². The lowest BCUT2D eigenvalue weighted by Gasteiger charge is -2.19. The van der Waals surface area contributed by atoms with Crippen molar-refractivity contribution in [1.29, 1.82) is 0 Å². The van der Waals surface area contributed by atoms with Crippen molar-refractivity contribution in [3.05, 3.63) is 34.9 Å². The molecule has 1 heterocycles. The van der Waals surface area contributed by atoms with Gasteiger partial charge in [0.15, 0.2) is 0 Å². The van der Waals surface area contributed by atoms with Crippen LogP contribution < -0.4 is 0 Å². The number of hydrogen-bond donors (Lipinski definition) is 0. The first-order chi connectivity index (χ1) is 8.00. The summed E-state index contributed by atoms with van der Waals surface area (Å²) in [6.45, 7) is 2.59. The highest BCUT2D eigenvalue weighted by Gasteiger charge is 2.32. The van der Waals surface area contributed by atoms with Crippen molar-refractivity contribution in [3.8, 4) is 0 Å². The van der Waals surface area contributed by atoms with Crippen molar-refractivity contribution >= 4 is 21.6 Å². The van der Waals surface area contributed by atoms with Gasteiger partial charge < -0.3 is 4.74 Å². The first-order valence-electron chi connectivity index (χ1n) is 5.35. The first-order valence-corrected chi connectivity index (χ1v) is 7.34. The van der Waals surface area contributed by atoms with Crippen LogP contribution in [0.1, 0.15) is 12.5 Å². The molecule has 1 aromatic rings. The number of hydrogen-bond acceptors (Lipinski definition) is 3. The summed E-state index contributed by atoms with van der Waals surface area (Å²) in [5.41, 5.74) is 0.619. The highest BCUT2D eigenvalue weighted by atomic mass is 35.5. The van der Waals surface area contributed by atoms with Crippen molar-refractivity contribution in [2.45, 2.75) is 18.9 Å². The van der Waals surface area contributed by atoms with Crippen LogP contribution in [0.2, 0.25) is 5.02 Å². The van der Waals surface area contributed by atoms with Crippen LogP contribution in [0.3, 0.4) is 0 Å². The van der Waals surface area contributed by atoms with E-state index >= 15 is 0 Å². The summed E-state index contributed by atoms with van der Waals surface area (Å²) >= 11 is 5.96. The number of ether oxygens (including phenoxy) is 1. The normalized spacial score (nSPS) is 21.9. The van der Waals surface area contributed by atoms with Gasteiger partial charge in [-0.3, -0.25) is 0 Å². The minimum Gasteiger partial charge on any atom is -0.361 e. The van der Waals surface area contributed by atoms with Gasteiger partial charge in [0, 0.05) is 11.6 Å². The molecule has 1 aliphatic heterocycles. The third kappa shape index (κ3) is 2.80. The van der Waals surface area contributed by atoms with Gasteiger partial charge in [-0.25, -0.2) is 8.42 Å². The Balaban J connectivity index is 2.21. The van der Waals surface area contributed by atoms with Crippen molar-refractivity contribution in [2.24, 2.45) is 0 Å². The van der Waals surface area contributed by atoms with E-state index in [-0.39, 0.29) is 12.0 Å². The van der Waals surface area contributed by atoms with Crippen LogP contribution in [-0.4, -0.2) is 32.1 Å². The van der Waals surface area contributed by atoms with Crippen molar-refractivity contribution in [1.82, 2.24) is 4.31 Å². The Hall–Kier alpha value is -0.620. The van der Waals surface area contributed by atoms with Gasteiger partial charge in [-0.05, 0) is 18.6 Å². The standard InChI is InChI=1S/C11H14ClNO3S/c1-9-13(6-7-16-9)17(14,15)8-10-4-2-3-5-11(10)12/h2-5,9H,6-8H2,1H3. The lowest BCUT2D eigenvalue weighted by Crippen LogP contribution is -2.35. The molecule has 0 aromatic heterocycles. The molecule has 0 spiro atoms. The summed E-state index contributed by atoms with van der Waals surface area (Å²) in [6, 6.07) is 6.97. The lowest BCUT2D eigenvalue weighted by atomic mass is 10.2. The zero-order valence-electron chi connectivity index (χ0n) is 9.47. The van der Waals surface area contributed by atoms with E-state index in [9.17, 15) is 8.42 Å². The number of sulfonamides is 1. The van der Waals surface area contributed by atoms with E-state index in [0.29, 0.717) is 23.7 Å². The highest BCUT2D eigenvalue weighted by Crippen LogP contribution is 2.22. The molecule has 0 aliphatic carbocycles.